The van der Waals surface area contributed by atoms with Crippen LogP contribution >= 0.6 is 0 Å². The van der Waals surface area contributed by atoms with Crippen molar-refractivity contribution in [1.29, 1.82) is 0 Å². The van der Waals surface area contributed by atoms with Gasteiger partial charge in [0.2, 0.25) is 0 Å². The Morgan fingerprint density at radius 3 is 2.19 bits per heavy atom. The summed E-state index contributed by atoms with van der Waals surface area (Å²) < 4.78 is 5.18. The van der Waals surface area contributed by atoms with Crippen molar-refractivity contribution in [3.8, 4) is 0 Å². The average molecular weight is 248 g/mol. The molecule has 0 fully saturated rings. The van der Waals surface area contributed by atoms with Crippen LogP contribution in [-0.4, -0.2) is 10.1 Å². The lowest BCUT2D eigenvalue weighted by atomic mass is 9.98. The average Bonchev–Trinajstić information content (AvgIpc) is 2.66. The molecule has 94 valence electrons. The fourth-order valence-electron chi connectivity index (χ4n) is 1.71. The van der Waals surface area contributed by atoms with Crippen molar-refractivity contribution in [1.82, 2.24) is 10.1 Å². The monoisotopic (exact) mass is 247 g/mol. The van der Waals surface area contributed by atoms with Gasteiger partial charge in [0.1, 0.15) is 0 Å². The van der Waals surface area contributed by atoms with Crippen LogP contribution in [0.25, 0.3) is 0 Å². The Morgan fingerprint density at radius 1 is 1.25 bits per heavy atom. The van der Waals surface area contributed by atoms with Crippen LogP contribution in [0.4, 0.5) is 0 Å². The fourth-order valence-corrected chi connectivity index (χ4v) is 1.71. The van der Waals surface area contributed by atoms with Gasteiger partial charge < -0.3 is 22.7 Å². The minimum Gasteiger partial charge on any atom is -1.00 e. The molecule has 0 saturated carbocycles. The van der Waals surface area contributed by atoms with Crippen molar-refractivity contribution in [2.24, 2.45) is 0 Å². The van der Waals surface area contributed by atoms with E-state index in [1.165, 1.54) is 0 Å². The van der Waals surface area contributed by atoms with Crippen molar-refractivity contribution in [2.75, 3.05) is 0 Å². The zero-order chi connectivity index (χ0) is 11.3. The summed E-state index contributed by atoms with van der Waals surface area (Å²) in [5, 5.41) is 4.05. The molecule has 0 bridgehead atoms. The second-order valence-corrected chi connectivity index (χ2v) is 4.17. The lowest BCUT2D eigenvalue weighted by Crippen LogP contribution is -3.00. The highest BCUT2D eigenvalue weighted by Crippen LogP contribution is 2.24. The molecule has 0 aliphatic carbocycles. The van der Waals surface area contributed by atoms with Gasteiger partial charge in [-0.15, -0.1) is 0 Å². The first-order valence-electron chi connectivity index (χ1n) is 5.85. The SMILES string of the molecule is CCCC(CCC)c1noc([C@H](C)[NH3+])n1.[Cl-]. The van der Waals surface area contributed by atoms with E-state index in [-0.39, 0.29) is 18.4 Å². The smallest absolute Gasteiger partial charge is 0.284 e. The second kappa shape index (κ2) is 7.63. The van der Waals surface area contributed by atoms with E-state index in [4.69, 9.17) is 4.52 Å². The summed E-state index contributed by atoms with van der Waals surface area (Å²) in [6, 6.07) is 0.0788. The van der Waals surface area contributed by atoms with Gasteiger partial charge in [0.25, 0.3) is 5.89 Å². The Morgan fingerprint density at radius 2 is 1.81 bits per heavy atom. The highest BCUT2D eigenvalue weighted by Gasteiger charge is 2.19. The molecule has 4 nitrogen and oxygen atoms in total. The van der Waals surface area contributed by atoms with Crippen LogP contribution in [0, 0.1) is 0 Å². The van der Waals surface area contributed by atoms with E-state index < -0.39 is 0 Å². The van der Waals surface area contributed by atoms with Crippen LogP contribution in [0.2, 0.25) is 0 Å². The zero-order valence-electron chi connectivity index (χ0n) is 10.4. The number of halogens is 1. The molecular weight excluding hydrogens is 226 g/mol. The third kappa shape index (κ3) is 4.10. The van der Waals surface area contributed by atoms with Crippen molar-refractivity contribution < 1.29 is 22.7 Å². The molecule has 0 aliphatic rings. The van der Waals surface area contributed by atoms with Crippen LogP contribution in [0.5, 0.6) is 0 Å². The van der Waals surface area contributed by atoms with E-state index in [2.05, 4.69) is 29.7 Å². The summed E-state index contributed by atoms with van der Waals surface area (Å²) >= 11 is 0. The van der Waals surface area contributed by atoms with Gasteiger partial charge in [-0.3, -0.25) is 0 Å². The first-order valence-corrected chi connectivity index (χ1v) is 5.85. The molecule has 1 aromatic rings. The number of aromatic nitrogens is 2. The lowest BCUT2D eigenvalue weighted by Gasteiger charge is -2.09. The largest absolute Gasteiger partial charge is 1.00 e. The molecule has 0 aromatic carbocycles. The van der Waals surface area contributed by atoms with Gasteiger partial charge in [0.05, 0.1) is 0 Å². The Kier molecular flexibility index (Phi) is 7.34. The molecule has 0 amide bonds. The van der Waals surface area contributed by atoms with Crippen LogP contribution in [0.15, 0.2) is 4.52 Å². The molecule has 1 rings (SSSR count). The molecule has 0 aliphatic heterocycles. The maximum Gasteiger partial charge on any atom is 0.284 e. The molecule has 3 N–H and O–H groups in total. The van der Waals surface area contributed by atoms with E-state index >= 15 is 0 Å². The van der Waals surface area contributed by atoms with E-state index in [0.717, 1.165) is 31.5 Å². The Labute approximate surface area is 103 Å². The van der Waals surface area contributed by atoms with Crippen LogP contribution in [-0.2, 0) is 0 Å². The maximum absolute atomic E-state index is 5.18. The lowest BCUT2D eigenvalue weighted by molar-refractivity contribution is -0.425. The standard InChI is InChI=1S/C11H21N3O.ClH/c1-4-6-9(7-5-2)10-13-11(8(3)12)15-14-10;/h8-9H,4-7,12H2,1-3H3;1H/t8-;/m0./s1. The third-order valence-corrected chi connectivity index (χ3v) is 2.52. The summed E-state index contributed by atoms with van der Waals surface area (Å²) in [5.41, 5.74) is 3.88. The van der Waals surface area contributed by atoms with Crippen LogP contribution < -0.4 is 18.1 Å². The molecule has 1 heterocycles. The molecule has 5 heteroatoms. The Bertz CT molecular complexity index is 283. The van der Waals surface area contributed by atoms with Gasteiger partial charge in [-0.2, -0.15) is 4.98 Å². The second-order valence-electron chi connectivity index (χ2n) is 4.17. The van der Waals surface area contributed by atoms with Gasteiger partial charge in [0, 0.05) is 5.92 Å². The highest BCUT2D eigenvalue weighted by molar-refractivity contribution is 4.96. The maximum atomic E-state index is 5.18. The normalized spacial score (nSPS) is 12.6. The van der Waals surface area contributed by atoms with Gasteiger partial charge in [-0.05, 0) is 19.8 Å². The zero-order valence-corrected chi connectivity index (χ0v) is 11.1. The Balaban J connectivity index is 0.00000225. The number of rotatable bonds is 6. The number of quaternary nitrogens is 1. The fraction of sp³-hybridized carbons (Fsp3) is 0.818. The van der Waals surface area contributed by atoms with Crippen molar-refractivity contribution in [3.63, 3.8) is 0 Å². The molecular formula is C11H22ClN3O. The predicted octanol–water partition coefficient (Wildman–Crippen LogP) is -0.940. The minimum absolute atomic E-state index is 0. The first kappa shape index (κ1) is 15.4. The van der Waals surface area contributed by atoms with E-state index in [1.807, 2.05) is 6.92 Å². The summed E-state index contributed by atoms with van der Waals surface area (Å²) in [4.78, 5) is 4.41. The van der Waals surface area contributed by atoms with Crippen LogP contribution in [0.1, 0.15) is 70.1 Å². The molecule has 16 heavy (non-hydrogen) atoms. The van der Waals surface area contributed by atoms with Crippen molar-refractivity contribution in [2.45, 2.75) is 58.4 Å². The summed E-state index contributed by atoms with van der Waals surface area (Å²) in [7, 11) is 0. The van der Waals surface area contributed by atoms with E-state index in [9.17, 15) is 0 Å². The molecule has 1 atom stereocenters. The number of hydrogen-bond donors (Lipinski definition) is 1. The summed E-state index contributed by atoms with van der Waals surface area (Å²) in [5.74, 6) is 1.97. The first-order chi connectivity index (χ1) is 7.19. The van der Waals surface area contributed by atoms with Gasteiger partial charge in [-0.1, -0.05) is 31.8 Å². The molecule has 0 radical (unpaired) electrons. The number of hydrogen-bond acceptors (Lipinski definition) is 3. The number of nitrogens with zero attached hydrogens (tertiary/aromatic N) is 2. The predicted molar refractivity (Wildman–Crippen MR) is 58.2 cm³/mol. The van der Waals surface area contributed by atoms with E-state index in [1.54, 1.807) is 0 Å². The van der Waals surface area contributed by atoms with Gasteiger partial charge >= 0.3 is 0 Å². The molecule has 1 aromatic heterocycles. The quantitative estimate of drug-likeness (QED) is 0.706. The minimum atomic E-state index is 0. The van der Waals surface area contributed by atoms with Crippen molar-refractivity contribution in [3.05, 3.63) is 11.7 Å². The summed E-state index contributed by atoms with van der Waals surface area (Å²) in [6.07, 6.45) is 4.60. The van der Waals surface area contributed by atoms with E-state index in [0.29, 0.717) is 11.8 Å². The topological polar surface area (TPSA) is 66.6 Å². The Hall–Kier alpha value is -0.610. The van der Waals surface area contributed by atoms with Crippen molar-refractivity contribution >= 4 is 0 Å². The summed E-state index contributed by atoms with van der Waals surface area (Å²) in [6.45, 7) is 6.34. The third-order valence-electron chi connectivity index (χ3n) is 2.52. The molecule has 0 saturated heterocycles. The molecule has 0 unspecified atom stereocenters. The molecule has 0 spiro atoms. The van der Waals surface area contributed by atoms with Gasteiger partial charge in [-0.25, -0.2) is 0 Å². The highest BCUT2D eigenvalue weighted by atomic mass is 35.5. The van der Waals surface area contributed by atoms with Crippen LogP contribution in [0.3, 0.4) is 0 Å². The van der Waals surface area contributed by atoms with Gasteiger partial charge in [0.15, 0.2) is 11.9 Å².